The Hall–Kier alpha value is -1.14. The van der Waals surface area contributed by atoms with E-state index in [0.29, 0.717) is 26.1 Å². The van der Waals surface area contributed by atoms with Crippen LogP contribution in [0.25, 0.3) is 0 Å². The lowest BCUT2D eigenvalue weighted by Crippen LogP contribution is -2.38. The number of unbranched alkanes of at least 4 members (excludes halogenated alkanes) is 1. The molecule has 6 nitrogen and oxygen atoms in total. The van der Waals surface area contributed by atoms with Crippen LogP contribution in [0.1, 0.15) is 32.6 Å². The summed E-state index contributed by atoms with van der Waals surface area (Å²) in [6, 6.07) is -0.615. The molecule has 0 aromatic heterocycles. The number of aliphatic carboxylic acids is 1. The molecule has 0 amide bonds. The fourth-order valence-corrected chi connectivity index (χ4v) is 1.39. The topological polar surface area (TPSA) is 102 Å². The molecular formula is C11H22N2O4. The molecule has 1 atom stereocenters. The summed E-state index contributed by atoms with van der Waals surface area (Å²) in [5, 5.41) is 11.8. The van der Waals surface area contributed by atoms with Gasteiger partial charge in [-0.25, -0.2) is 0 Å². The first-order valence-corrected chi connectivity index (χ1v) is 5.93. The minimum atomic E-state index is -0.897. The smallest absolute Gasteiger partial charge is 0.320 e. The van der Waals surface area contributed by atoms with Crippen molar-refractivity contribution in [3.63, 3.8) is 0 Å². The number of esters is 1. The predicted molar refractivity (Wildman–Crippen MR) is 63.6 cm³/mol. The summed E-state index contributed by atoms with van der Waals surface area (Å²) in [7, 11) is 0. The highest BCUT2D eigenvalue weighted by Gasteiger charge is 2.16. The van der Waals surface area contributed by atoms with E-state index in [4.69, 9.17) is 15.6 Å². The third-order valence-corrected chi connectivity index (χ3v) is 2.27. The third-order valence-electron chi connectivity index (χ3n) is 2.27. The van der Waals surface area contributed by atoms with Crippen LogP contribution in [0.5, 0.6) is 0 Å². The number of carboxylic acid groups (broad SMARTS) is 1. The minimum absolute atomic E-state index is 0.189. The maximum Gasteiger partial charge on any atom is 0.320 e. The van der Waals surface area contributed by atoms with Crippen molar-refractivity contribution in [3.05, 3.63) is 0 Å². The number of rotatable bonds is 10. The average Bonchev–Trinajstić information content (AvgIpc) is 2.27. The van der Waals surface area contributed by atoms with Gasteiger partial charge in [-0.1, -0.05) is 6.42 Å². The van der Waals surface area contributed by atoms with Gasteiger partial charge >= 0.3 is 11.9 Å². The van der Waals surface area contributed by atoms with Gasteiger partial charge in [0.05, 0.1) is 13.0 Å². The summed E-state index contributed by atoms with van der Waals surface area (Å²) in [4.78, 5) is 21.9. The maximum absolute atomic E-state index is 11.0. The van der Waals surface area contributed by atoms with Crippen LogP contribution in [0.15, 0.2) is 0 Å². The van der Waals surface area contributed by atoms with Crippen LogP contribution in [-0.4, -0.2) is 42.8 Å². The van der Waals surface area contributed by atoms with Crippen molar-refractivity contribution in [2.75, 3.05) is 19.7 Å². The van der Waals surface area contributed by atoms with Crippen molar-refractivity contribution in [1.82, 2.24) is 5.32 Å². The summed E-state index contributed by atoms with van der Waals surface area (Å²) in [5.41, 5.74) is 5.34. The highest BCUT2D eigenvalue weighted by atomic mass is 16.5. The van der Waals surface area contributed by atoms with Crippen LogP contribution >= 0.6 is 0 Å². The molecule has 0 aliphatic carbocycles. The SMILES string of the molecule is CCOC(=O)CCN[C@@H](CCCCN)C(=O)O. The molecule has 0 rings (SSSR count). The molecule has 17 heavy (non-hydrogen) atoms. The zero-order valence-corrected chi connectivity index (χ0v) is 10.3. The van der Waals surface area contributed by atoms with Crippen LogP contribution in [-0.2, 0) is 14.3 Å². The lowest BCUT2D eigenvalue weighted by atomic mass is 10.1. The second-order valence-corrected chi connectivity index (χ2v) is 3.68. The maximum atomic E-state index is 11.0. The van der Waals surface area contributed by atoms with E-state index >= 15 is 0 Å². The zero-order chi connectivity index (χ0) is 13.1. The minimum Gasteiger partial charge on any atom is -0.480 e. The number of nitrogens with two attached hydrogens (primary N) is 1. The first kappa shape index (κ1) is 15.9. The van der Waals surface area contributed by atoms with Crippen molar-refractivity contribution < 1.29 is 19.4 Å². The Balaban J connectivity index is 3.77. The quantitative estimate of drug-likeness (QED) is 0.373. The van der Waals surface area contributed by atoms with Crippen LogP contribution in [0.4, 0.5) is 0 Å². The number of carbonyl (C=O) groups is 2. The number of hydrogen-bond acceptors (Lipinski definition) is 5. The molecular weight excluding hydrogens is 224 g/mol. The molecule has 0 unspecified atom stereocenters. The van der Waals surface area contributed by atoms with E-state index in [0.717, 1.165) is 12.8 Å². The Morgan fingerprint density at radius 2 is 2.12 bits per heavy atom. The summed E-state index contributed by atoms with van der Waals surface area (Å²) < 4.78 is 4.74. The number of ether oxygens (including phenoxy) is 1. The largest absolute Gasteiger partial charge is 0.480 e. The van der Waals surface area contributed by atoms with Crippen molar-refractivity contribution in [2.45, 2.75) is 38.6 Å². The van der Waals surface area contributed by atoms with E-state index in [2.05, 4.69) is 5.32 Å². The lowest BCUT2D eigenvalue weighted by Gasteiger charge is -2.13. The molecule has 0 radical (unpaired) electrons. The van der Waals surface area contributed by atoms with Crippen LogP contribution in [0, 0.1) is 0 Å². The Morgan fingerprint density at radius 1 is 1.41 bits per heavy atom. The molecule has 0 aromatic rings. The van der Waals surface area contributed by atoms with Gasteiger partial charge in [0.2, 0.25) is 0 Å². The second kappa shape index (κ2) is 10.0. The van der Waals surface area contributed by atoms with E-state index in [1.54, 1.807) is 6.92 Å². The van der Waals surface area contributed by atoms with Gasteiger partial charge in [0.1, 0.15) is 6.04 Å². The van der Waals surface area contributed by atoms with Crippen molar-refractivity contribution >= 4 is 11.9 Å². The first-order chi connectivity index (χ1) is 8.11. The molecule has 0 aromatic carbocycles. The number of carbonyl (C=O) groups excluding carboxylic acids is 1. The van der Waals surface area contributed by atoms with Gasteiger partial charge in [-0.15, -0.1) is 0 Å². The summed E-state index contributed by atoms with van der Waals surface area (Å²) in [6.07, 6.45) is 2.28. The summed E-state index contributed by atoms with van der Waals surface area (Å²) in [6.45, 7) is 2.96. The fourth-order valence-electron chi connectivity index (χ4n) is 1.39. The molecule has 0 saturated carbocycles. The van der Waals surface area contributed by atoms with E-state index in [-0.39, 0.29) is 12.4 Å². The van der Waals surface area contributed by atoms with E-state index in [1.165, 1.54) is 0 Å². The Labute approximate surface area is 102 Å². The molecule has 100 valence electrons. The van der Waals surface area contributed by atoms with Crippen LogP contribution < -0.4 is 11.1 Å². The van der Waals surface area contributed by atoms with Gasteiger partial charge in [0, 0.05) is 6.54 Å². The molecule has 0 spiro atoms. The Morgan fingerprint density at radius 3 is 2.65 bits per heavy atom. The van der Waals surface area contributed by atoms with Gasteiger partial charge < -0.3 is 20.9 Å². The lowest BCUT2D eigenvalue weighted by molar-refractivity contribution is -0.144. The van der Waals surface area contributed by atoms with E-state index < -0.39 is 12.0 Å². The van der Waals surface area contributed by atoms with E-state index in [9.17, 15) is 9.59 Å². The molecule has 0 heterocycles. The second-order valence-electron chi connectivity index (χ2n) is 3.68. The Bertz CT molecular complexity index is 234. The predicted octanol–water partition coefficient (Wildman–Crippen LogP) is 0.111. The standard InChI is InChI=1S/C11H22N2O4/c1-2-17-10(14)6-8-13-9(11(15)16)5-3-4-7-12/h9,13H,2-8,12H2,1H3,(H,15,16)/t9-/m0/s1. The molecule has 0 bridgehead atoms. The van der Waals surface area contributed by atoms with Crippen LogP contribution in [0.3, 0.4) is 0 Å². The van der Waals surface area contributed by atoms with Crippen molar-refractivity contribution in [1.29, 1.82) is 0 Å². The molecule has 0 fully saturated rings. The van der Waals surface area contributed by atoms with Crippen LogP contribution in [0.2, 0.25) is 0 Å². The van der Waals surface area contributed by atoms with Crippen molar-refractivity contribution in [3.8, 4) is 0 Å². The normalized spacial score (nSPS) is 12.1. The monoisotopic (exact) mass is 246 g/mol. The summed E-state index contributed by atoms with van der Waals surface area (Å²) >= 11 is 0. The van der Waals surface area contributed by atoms with Gasteiger partial charge in [0.25, 0.3) is 0 Å². The fraction of sp³-hybridized carbons (Fsp3) is 0.818. The zero-order valence-electron chi connectivity index (χ0n) is 10.3. The number of nitrogens with one attached hydrogen (secondary N) is 1. The number of hydrogen-bond donors (Lipinski definition) is 3. The number of carboxylic acids is 1. The molecule has 6 heteroatoms. The summed E-state index contributed by atoms with van der Waals surface area (Å²) in [5.74, 6) is -1.21. The highest BCUT2D eigenvalue weighted by molar-refractivity contribution is 5.73. The van der Waals surface area contributed by atoms with Gasteiger partial charge in [-0.05, 0) is 26.3 Å². The molecule has 4 N–H and O–H groups in total. The molecule has 0 saturated heterocycles. The van der Waals surface area contributed by atoms with Crippen molar-refractivity contribution in [2.24, 2.45) is 5.73 Å². The Kier molecular flexibility index (Phi) is 9.37. The molecule has 0 aliphatic rings. The molecule has 0 aliphatic heterocycles. The van der Waals surface area contributed by atoms with Gasteiger partial charge in [-0.3, -0.25) is 9.59 Å². The third kappa shape index (κ3) is 8.65. The van der Waals surface area contributed by atoms with Gasteiger partial charge in [-0.2, -0.15) is 0 Å². The highest BCUT2D eigenvalue weighted by Crippen LogP contribution is 2.01. The first-order valence-electron chi connectivity index (χ1n) is 5.93. The van der Waals surface area contributed by atoms with Gasteiger partial charge in [0.15, 0.2) is 0 Å². The average molecular weight is 246 g/mol. The van der Waals surface area contributed by atoms with E-state index in [1.807, 2.05) is 0 Å².